The number of nitrogens with one attached hydrogen (secondary N) is 2. The molecule has 0 saturated carbocycles. The molecular weight excluding hydrogens is 324 g/mol. The van der Waals surface area contributed by atoms with Gasteiger partial charge in [0.2, 0.25) is 0 Å². The van der Waals surface area contributed by atoms with Crippen molar-refractivity contribution in [2.24, 2.45) is 0 Å². The Hall–Kier alpha value is -1.96. The highest BCUT2D eigenvalue weighted by atomic mass is 79.9. The Labute approximate surface area is 123 Å². The van der Waals surface area contributed by atoms with Crippen LogP contribution in [0.4, 0.5) is 10.6 Å². The summed E-state index contributed by atoms with van der Waals surface area (Å²) in [7, 11) is 0. The van der Waals surface area contributed by atoms with Gasteiger partial charge in [0.15, 0.2) is 0 Å². The standard InChI is InChI=1S/C12H13BrN6O/c13-8-1-3-10(14-5-8)18-12(20)17-9-2-4-11-15-7-16-19(11)6-9/h1,3,5,7,9H,2,4,6H2,(H2,14,17,18,20)/t9-/m0/s1. The smallest absolute Gasteiger partial charge is 0.320 e. The molecule has 0 fully saturated rings. The highest BCUT2D eigenvalue weighted by Gasteiger charge is 2.21. The fourth-order valence-corrected chi connectivity index (χ4v) is 2.38. The van der Waals surface area contributed by atoms with Crippen LogP contribution in [0, 0.1) is 0 Å². The molecule has 2 aromatic heterocycles. The van der Waals surface area contributed by atoms with Crippen LogP contribution < -0.4 is 10.6 Å². The van der Waals surface area contributed by atoms with E-state index in [1.165, 1.54) is 0 Å². The molecule has 2 N–H and O–H groups in total. The molecule has 1 atom stereocenters. The van der Waals surface area contributed by atoms with Gasteiger partial charge in [-0.2, -0.15) is 5.10 Å². The van der Waals surface area contributed by atoms with E-state index in [-0.39, 0.29) is 12.1 Å². The summed E-state index contributed by atoms with van der Waals surface area (Å²) in [6, 6.07) is 3.36. The van der Waals surface area contributed by atoms with Gasteiger partial charge in [-0.15, -0.1) is 0 Å². The molecule has 0 bridgehead atoms. The van der Waals surface area contributed by atoms with E-state index in [9.17, 15) is 4.79 Å². The first kappa shape index (κ1) is 13.0. The summed E-state index contributed by atoms with van der Waals surface area (Å²) in [5, 5.41) is 9.75. The van der Waals surface area contributed by atoms with Crippen LogP contribution in [0.25, 0.3) is 0 Å². The number of amides is 2. The maximum absolute atomic E-state index is 11.9. The predicted octanol–water partition coefficient (Wildman–Crippen LogP) is 1.57. The summed E-state index contributed by atoms with van der Waals surface area (Å²) < 4.78 is 2.70. The van der Waals surface area contributed by atoms with Gasteiger partial charge in [0.25, 0.3) is 0 Å². The zero-order valence-corrected chi connectivity index (χ0v) is 12.2. The lowest BCUT2D eigenvalue weighted by Crippen LogP contribution is -2.43. The third-order valence-corrected chi connectivity index (χ3v) is 3.58. The van der Waals surface area contributed by atoms with E-state index < -0.39 is 0 Å². The molecule has 3 heterocycles. The number of carbonyl (C=O) groups excluding carboxylic acids is 1. The normalized spacial score (nSPS) is 17.4. The minimum absolute atomic E-state index is 0.0552. The zero-order valence-electron chi connectivity index (χ0n) is 10.6. The maximum atomic E-state index is 11.9. The van der Waals surface area contributed by atoms with Crippen LogP contribution in [0.3, 0.4) is 0 Å². The second-order valence-electron chi connectivity index (χ2n) is 4.55. The summed E-state index contributed by atoms with van der Waals surface area (Å²) in [6.45, 7) is 0.649. The highest BCUT2D eigenvalue weighted by molar-refractivity contribution is 9.10. The third kappa shape index (κ3) is 2.96. The van der Waals surface area contributed by atoms with Gasteiger partial charge < -0.3 is 5.32 Å². The average molecular weight is 337 g/mol. The number of urea groups is 1. The van der Waals surface area contributed by atoms with Gasteiger partial charge in [-0.05, 0) is 34.5 Å². The number of hydrogen-bond acceptors (Lipinski definition) is 4. The largest absolute Gasteiger partial charge is 0.333 e. The molecule has 1 aliphatic rings. The number of pyridine rings is 1. The number of anilines is 1. The fourth-order valence-electron chi connectivity index (χ4n) is 2.14. The van der Waals surface area contributed by atoms with Crippen LogP contribution >= 0.6 is 15.9 Å². The van der Waals surface area contributed by atoms with E-state index in [1.807, 2.05) is 10.7 Å². The number of aromatic nitrogens is 4. The molecule has 2 aromatic rings. The van der Waals surface area contributed by atoms with Gasteiger partial charge in [0.1, 0.15) is 18.0 Å². The average Bonchev–Trinajstić information content (AvgIpc) is 2.89. The van der Waals surface area contributed by atoms with E-state index >= 15 is 0 Å². The van der Waals surface area contributed by atoms with Crippen LogP contribution in [-0.2, 0) is 13.0 Å². The van der Waals surface area contributed by atoms with Gasteiger partial charge >= 0.3 is 6.03 Å². The SMILES string of the molecule is O=C(Nc1ccc(Br)cn1)N[C@H]1CCc2ncnn2C1. The Bertz CT molecular complexity index is 611. The Morgan fingerprint density at radius 2 is 2.30 bits per heavy atom. The molecule has 104 valence electrons. The monoisotopic (exact) mass is 336 g/mol. The lowest BCUT2D eigenvalue weighted by molar-refractivity contribution is 0.243. The van der Waals surface area contributed by atoms with Crippen LogP contribution in [-0.4, -0.2) is 31.8 Å². The van der Waals surface area contributed by atoms with Crippen molar-refractivity contribution in [1.29, 1.82) is 0 Å². The number of rotatable bonds is 2. The Balaban J connectivity index is 1.56. The summed E-state index contributed by atoms with van der Waals surface area (Å²) in [6.07, 6.45) is 4.86. The molecule has 3 rings (SSSR count). The van der Waals surface area contributed by atoms with Crippen LogP contribution in [0.15, 0.2) is 29.1 Å². The van der Waals surface area contributed by atoms with E-state index in [1.54, 1.807) is 18.6 Å². The number of aryl methyl sites for hydroxylation is 1. The molecule has 0 unspecified atom stereocenters. The van der Waals surface area contributed by atoms with Gasteiger partial charge in [-0.3, -0.25) is 5.32 Å². The zero-order chi connectivity index (χ0) is 13.9. The molecular formula is C12H13BrN6O. The summed E-state index contributed by atoms with van der Waals surface area (Å²) in [4.78, 5) is 20.1. The van der Waals surface area contributed by atoms with Crippen molar-refractivity contribution in [3.05, 3.63) is 35.0 Å². The van der Waals surface area contributed by atoms with Crippen LogP contribution in [0.1, 0.15) is 12.2 Å². The minimum atomic E-state index is -0.256. The Morgan fingerprint density at radius 3 is 3.10 bits per heavy atom. The number of nitrogens with zero attached hydrogens (tertiary/aromatic N) is 4. The topological polar surface area (TPSA) is 84.7 Å². The maximum Gasteiger partial charge on any atom is 0.320 e. The van der Waals surface area contributed by atoms with Crippen molar-refractivity contribution in [2.45, 2.75) is 25.4 Å². The van der Waals surface area contributed by atoms with Crippen LogP contribution in [0.2, 0.25) is 0 Å². The van der Waals surface area contributed by atoms with Crippen LogP contribution in [0.5, 0.6) is 0 Å². The molecule has 2 amide bonds. The van der Waals surface area contributed by atoms with Crippen molar-refractivity contribution in [3.63, 3.8) is 0 Å². The molecule has 0 saturated heterocycles. The fraction of sp³-hybridized carbons (Fsp3) is 0.333. The lowest BCUT2D eigenvalue weighted by atomic mass is 10.1. The van der Waals surface area contributed by atoms with Crippen molar-refractivity contribution in [1.82, 2.24) is 25.1 Å². The molecule has 7 nitrogen and oxygen atoms in total. The van der Waals surface area contributed by atoms with Crippen molar-refractivity contribution < 1.29 is 4.79 Å². The molecule has 0 aliphatic carbocycles. The minimum Gasteiger partial charge on any atom is -0.333 e. The quantitative estimate of drug-likeness (QED) is 0.871. The van der Waals surface area contributed by atoms with Crippen molar-refractivity contribution >= 4 is 27.8 Å². The second kappa shape index (κ2) is 5.58. The first-order chi connectivity index (χ1) is 9.70. The van der Waals surface area contributed by atoms with Gasteiger partial charge in [-0.1, -0.05) is 0 Å². The van der Waals surface area contributed by atoms with E-state index in [0.717, 1.165) is 23.1 Å². The first-order valence-electron chi connectivity index (χ1n) is 6.26. The third-order valence-electron chi connectivity index (χ3n) is 3.11. The molecule has 0 spiro atoms. The van der Waals surface area contributed by atoms with Gasteiger partial charge in [0.05, 0.1) is 12.6 Å². The Morgan fingerprint density at radius 1 is 1.40 bits per heavy atom. The summed E-state index contributed by atoms with van der Waals surface area (Å²) in [5.41, 5.74) is 0. The highest BCUT2D eigenvalue weighted by Crippen LogP contribution is 2.12. The number of fused-ring (bicyclic) bond motifs is 1. The lowest BCUT2D eigenvalue weighted by Gasteiger charge is -2.23. The number of hydrogen-bond donors (Lipinski definition) is 2. The van der Waals surface area contributed by atoms with Gasteiger partial charge in [0, 0.05) is 17.1 Å². The molecule has 1 aliphatic heterocycles. The summed E-state index contributed by atoms with van der Waals surface area (Å²) >= 11 is 3.30. The predicted molar refractivity (Wildman–Crippen MR) is 76.2 cm³/mol. The molecule has 8 heteroatoms. The molecule has 20 heavy (non-hydrogen) atoms. The van der Waals surface area contributed by atoms with Gasteiger partial charge in [-0.25, -0.2) is 19.4 Å². The van der Waals surface area contributed by atoms with E-state index in [4.69, 9.17) is 0 Å². The Kier molecular flexibility index (Phi) is 3.64. The summed E-state index contributed by atoms with van der Waals surface area (Å²) in [5.74, 6) is 1.49. The number of halogens is 1. The van der Waals surface area contributed by atoms with E-state index in [2.05, 4.69) is 41.6 Å². The molecule has 0 aromatic carbocycles. The van der Waals surface area contributed by atoms with E-state index in [0.29, 0.717) is 12.4 Å². The number of carbonyl (C=O) groups is 1. The second-order valence-corrected chi connectivity index (χ2v) is 5.47. The van der Waals surface area contributed by atoms with Crippen molar-refractivity contribution in [2.75, 3.05) is 5.32 Å². The first-order valence-corrected chi connectivity index (χ1v) is 7.06. The molecule has 0 radical (unpaired) electrons. The van der Waals surface area contributed by atoms with Crippen molar-refractivity contribution in [3.8, 4) is 0 Å².